The largest absolute Gasteiger partial charge is 0.469 e. The van der Waals surface area contributed by atoms with Crippen molar-refractivity contribution in [3.8, 4) is 0 Å². The van der Waals surface area contributed by atoms with Crippen LogP contribution < -0.4 is 5.32 Å². The van der Waals surface area contributed by atoms with Crippen LogP contribution in [-0.2, 0) is 6.42 Å². The lowest BCUT2D eigenvalue weighted by Gasteiger charge is -2.21. The molecule has 0 aliphatic carbocycles. The third-order valence-corrected chi connectivity index (χ3v) is 3.56. The van der Waals surface area contributed by atoms with Crippen LogP contribution in [0, 0.1) is 12.7 Å². The van der Waals surface area contributed by atoms with Crippen LogP contribution in [0.2, 0.25) is 0 Å². The Morgan fingerprint density at radius 1 is 1.20 bits per heavy atom. The van der Waals surface area contributed by atoms with Crippen molar-refractivity contribution in [1.82, 2.24) is 5.32 Å². The second-order valence-corrected chi connectivity index (χ2v) is 5.04. The highest BCUT2D eigenvalue weighted by Crippen LogP contribution is 2.29. The molecule has 1 heterocycles. The van der Waals surface area contributed by atoms with Crippen LogP contribution in [0.3, 0.4) is 0 Å². The summed E-state index contributed by atoms with van der Waals surface area (Å²) in [5, 5.41) is 3.50. The standard InChI is InChI=1S/C17H22FNO/c1-4-9-19-17(14-8-10-20-16(14)5-2)15-11-13(18)7-6-12(15)3/h6-8,10-11,17,19H,4-5,9H2,1-3H3. The zero-order valence-corrected chi connectivity index (χ0v) is 12.4. The lowest BCUT2D eigenvalue weighted by atomic mass is 9.94. The van der Waals surface area contributed by atoms with E-state index < -0.39 is 0 Å². The zero-order chi connectivity index (χ0) is 14.5. The average Bonchev–Trinajstić information content (AvgIpc) is 2.91. The summed E-state index contributed by atoms with van der Waals surface area (Å²) in [6.07, 6.45) is 3.58. The van der Waals surface area contributed by atoms with Crippen molar-refractivity contribution in [3.63, 3.8) is 0 Å². The molecule has 0 spiro atoms. The molecule has 1 unspecified atom stereocenters. The third-order valence-electron chi connectivity index (χ3n) is 3.56. The molecule has 2 nitrogen and oxygen atoms in total. The molecule has 0 amide bonds. The van der Waals surface area contributed by atoms with E-state index in [0.29, 0.717) is 0 Å². The van der Waals surface area contributed by atoms with Gasteiger partial charge in [-0.05, 0) is 49.2 Å². The maximum atomic E-state index is 13.6. The molecule has 0 aliphatic rings. The maximum Gasteiger partial charge on any atom is 0.123 e. The van der Waals surface area contributed by atoms with Crippen molar-refractivity contribution in [2.75, 3.05) is 6.54 Å². The van der Waals surface area contributed by atoms with E-state index in [1.54, 1.807) is 12.3 Å². The summed E-state index contributed by atoms with van der Waals surface area (Å²) < 4.78 is 19.1. The van der Waals surface area contributed by atoms with Crippen LogP contribution in [0.4, 0.5) is 4.39 Å². The quantitative estimate of drug-likeness (QED) is 0.846. The maximum absolute atomic E-state index is 13.6. The summed E-state index contributed by atoms with van der Waals surface area (Å²) in [5.41, 5.74) is 3.17. The highest BCUT2D eigenvalue weighted by atomic mass is 19.1. The van der Waals surface area contributed by atoms with Crippen LogP contribution in [0.25, 0.3) is 0 Å². The number of nitrogens with one attached hydrogen (secondary N) is 1. The molecule has 1 aromatic heterocycles. The zero-order valence-electron chi connectivity index (χ0n) is 12.4. The van der Waals surface area contributed by atoms with Gasteiger partial charge in [-0.15, -0.1) is 0 Å². The fraction of sp³-hybridized carbons (Fsp3) is 0.412. The summed E-state index contributed by atoms with van der Waals surface area (Å²) in [5.74, 6) is 0.762. The third kappa shape index (κ3) is 3.10. The predicted octanol–water partition coefficient (Wildman–Crippen LogP) is 4.38. The van der Waals surface area contributed by atoms with Crippen LogP contribution in [0.15, 0.2) is 34.9 Å². The Balaban J connectivity index is 2.44. The van der Waals surface area contributed by atoms with Gasteiger partial charge in [0, 0.05) is 12.0 Å². The van der Waals surface area contributed by atoms with Crippen LogP contribution in [-0.4, -0.2) is 6.54 Å². The monoisotopic (exact) mass is 275 g/mol. The normalized spacial score (nSPS) is 12.6. The lowest BCUT2D eigenvalue weighted by Crippen LogP contribution is -2.24. The summed E-state index contributed by atoms with van der Waals surface area (Å²) in [7, 11) is 0. The van der Waals surface area contributed by atoms with Crippen LogP contribution >= 0.6 is 0 Å². The Morgan fingerprint density at radius 2 is 2.00 bits per heavy atom. The van der Waals surface area contributed by atoms with E-state index in [0.717, 1.165) is 41.8 Å². The number of hydrogen-bond donors (Lipinski definition) is 1. The van der Waals surface area contributed by atoms with Gasteiger partial charge in [-0.25, -0.2) is 4.39 Å². The molecule has 0 saturated heterocycles. The second kappa shape index (κ2) is 6.71. The molecule has 1 N–H and O–H groups in total. The van der Waals surface area contributed by atoms with E-state index in [1.165, 1.54) is 6.07 Å². The van der Waals surface area contributed by atoms with Gasteiger partial charge in [0.15, 0.2) is 0 Å². The first kappa shape index (κ1) is 14.8. The highest BCUT2D eigenvalue weighted by molar-refractivity contribution is 5.38. The molecule has 0 saturated carbocycles. The molecule has 108 valence electrons. The van der Waals surface area contributed by atoms with E-state index >= 15 is 0 Å². The minimum atomic E-state index is -0.199. The van der Waals surface area contributed by atoms with E-state index in [1.807, 2.05) is 19.1 Å². The number of aryl methyl sites for hydroxylation is 2. The van der Waals surface area contributed by atoms with Crippen molar-refractivity contribution in [2.24, 2.45) is 0 Å². The summed E-state index contributed by atoms with van der Waals surface area (Å²) in [6.45, 7) is 7.09. The number of halogens is 1. The van der Waals surface area contributed by atoms with Gasteiger partial charge in [0.1, 0.15) is 11.6 Å². The van der Waals surface area contributed by atoms with Gasteiger partial charge in [-0.2, -0.15) is 0 Å². The first-order valence-electron chi connectivity index (χ1n) is 7.23. The van der Waals surface area contributed by atoms with Crippen molar-refractivity contribution >= 4 is 0 Å². The topological polar surface area (TPSA) is 25.2 Å². The van der Waals surface area contributed by atoms with Crippen molar-refractivity contribution < 1.29 is 8.81 Å². The molecule has 0 bridgehead atoms. The van der Waals surface area contributed by atoms with Gasteiger partial charge in [-0.1, -0.05) is 19.9 Å². The lowest BCUT2D eigenvalue weighted by molar-refractivity contribution is 0.499. The van der Waals surface area contributed by atoms with Crippen LogP contribution in [0.5, 0.6) is 0 Å². The molecule has 0 fully saturated rings. The smallest absolute Gasteiger partial charge is 0.123 e. The van der Waals surface area contributed by atoms with E-state index in [4.69, 9.17) is 4.42 Å². The van der Waals surface area contributed by atoms with E-state index in [2.05, 4.69) is 19.2 Å². The van der Waals surface area contributed by atoms with Gasteiger partial charge in [0.05, 0.1) is 12.3 Å². The van der Waals surface area contributed by atoms with Gasteiger partial charge < -0.3 is 9.73 Å². The number of rotatable bonds is 6. The molecule has 2 rings (SSSR count). The molecule has 2 aromatic rings. The minimum absolute atomic E-state index is 0.0145. The Kier molecular flexibility index (Phi) is 4.96. The van der Waals surface area contributed by atoms with E-state index in [9.17, 15) is 4.39 Å². The Morgan fingerprint density at radius 3 is 2.70 bits per heavy atom. The van der Waals surface area contributed by atoms with Crippen molar-refractivity contribution in [2.45, 2.75) is 39.7 Å². The van der Waals surface area contributed by atoms with Gasteiger partial charge in [0.2, 0.25) is 0 Å². The van der Waals surface area contributed by atoms with Gasteiger partial charge >= 0.3 is 0 Å². The fourth-order valence-electron chi connectivity index (χ4n) is 2.49. The summed E-state index contributed by atoms with van der Waals surface area (Å²) in [6, 6.07) is 6.92. The number of hydrogen-bond acceptors (Lipinski definition) is 2. The molecule has 20 heavy (non-hydrogen) atoms. The second-order valence-electron chi connectivity index (χ2n) is 5.04. The first-order chi connectivity index (χ1) is 9.67. The van der Waals surface area contributed by atoms with Crippen molar-refractivity contribution in [1.29, 1.82) is 0 Å². The van der Waals surface area contributed by atoms with Gasteiger partial charge in [0.25, 0.3) is 0 Å². The van der Waals surface area contributed by atoms with Crippen molar-refractivity contribution in [3.05, 3.63) is 58.8 Å². The first-order valence-corrected chi connectivity index (χ1v) is 7.23. The molecule has 3 heteroatoms. The van der Waals surface area contributed by atoms with Crippen LogP contribution in [0.1, 0.15) is 48.8 Å². The Labute approximate surface area is 120 Å². The molecule has 0 aliphatic heterocycles. The molecule has 0 radical (unpaired) electrons. The minimum Gasteiger partial charge on any atom is -0.469 e. The fourth-order valence-corrected chi connectivity index (χ4v) is 2.49. The summed E-state index contributed by atoms with van der Waals surface area (Å²) in [4.78, 5) is 0. The van der Waals surface area contributed by atoms with Gasteiger partial charge in [-0.3, -0.25) is 0 Å². The average molecular weight is 275 g/mol. The van der Waals surface area contributed by atoms with E-state index in [-0.39, 0.29) is 11.9 Å². The molecule has 1 atom stereocenters. The molecular formula is C17H22FNO. The highest BCUT2D eigenvalue weighted by Gasteiger charge is 2.20. The predicted molar refractivity (Wildman–Crippen MR) is 79.4 cm³/mol. The molecule has 1 aromatic carbocycles. The number of furan rings is 1. The Bertz CT molecular complexity index is 562. The molecular weight excluding hydrogens is 253 g/mol. The Hall–Kier alpha value is -1.61. The number of benzene rings is 1. The SMILES string of the molecule is CCCNC(c1cc(F)ccc1C)c1ccoc1CC. The summed E-state index contributed by atoms with van der Waals surface area (Å²) >= 11 is 0.